The predicted octanol–water partition coefficient (Wildman–Crippen LogP) is 17.0. The molecule has 0 amide bonds. The maximum Gasteiger partial charge on any atom is 0.0641 e. The van der Waals surface area contributed by atoms with Crippen molar-refractivity contribution in [3.05, 3.63) is 236 Å². The van der Waals surface area contributed by atoms with Crippen LogP contribution < -0.4 is 4.90 Å². The van der Waals surface area contributed by atoms with Crippen LogP contribution in [-0.4, -0.2) is 8.97 Å². The number of hydrogen-bond acceptors (Lipinski definition) is 1. The lowest BCUT2D eigenvalue weighted by Gasteiger charge is -2.27. The highest BCUT2D eigenvalue weighted by Crippen LogP contribution is 2.51. The van der Waals surface area contributed by atoms with Gasteiger partial charge in [0.25, 0.3) is 0 Å². The second-order valence-corrected chi connectivity index (χ2v) is 18.5. The van der Waals surface area contributed by atoms with Gasteiger partial charge in [-0.25, -0.2) is 0 Å². The molecule has 3 heterocycles. The van der Waals surface area contributed by atoms with E-state index in [-0.39, 0.29) is 5.41 Å². The minimum Gasteiger partial charge on any atom is -0.310 e. The molecule has 3 nitrogen and oxygen atoms in total. The molecular formula is C63H43N3. The summed E-state index contributed by atoms with van der Waals surface area (Å²) in [5.74, 6) is 0. The van der Waals surface area contributed by atoms with Crippen LogP contribution in [0.4, 0.5) is 17.1 Å². The van der Waals surface area contributed by atoms with Crippen LogP contribution in [0.5, 0.6) is 0 Å². The molecule has 310 valence electrons. The maximum atomic E-state index is 2.48. The van der Waals surface area contributed by atoms with Crippen molar-refractivity contribution in [3.8, 4) is 39.1 Å². The maximum absolute atomic E-state index is 2.48. The second kappa shape index (κ2) is 13.8. The van der Waals surface area contributed by atoms with Crippen LogP contribution in [0.3, 0.4) is 0 Å². The van der Waals surface area contributed by atoms with Crippen LogP contribution in [-0.2, 0) is 5.41 Å². The Morgan fingerprint density at radius 3 is 1.67 bits per heavy atom. The lowest BCUT2D eigenvalue weighted by molar-refractivity contribution is 0.660. The lowest BCUT2D eigenvalue weighted by Crippen LogP contribution is -2.14. The summed E-state index contributed by atoms with van der Waals surface area (Å²) in [7, 11) is 0. The molecule has 66 heavy (non-hydrogen) atoms. The molecule has 0 spiro atoms. The summed E-state index contributed by atoms with van der Waals surface area (Å²) in [6.45, 7) is 4.69. The number of nitrogens with zero attached hydrogens (tertiary/aromatic N) is 3. The van der Waals surface area contributed by atoms with E-state index in [1.165, 1.54) is 104 Å². The van der Waals surface area contributed by atoms with Gasteiger partial charge in [-0.05, 0) is 106 Å². The zero-order chi connectivity index (χ0) is 43.7. The summed E-state index contributed by atoms with van der Waals surface area (Å²) in [6.07, 6.45) is 0. The second-order valence-electron chi connectivity index (χ2n) is 18.5. The SMILES string of the molecule is CC1(C)c2ccccc2-c2cc(-c3ccc(N(c4ccc(-c5cccc6c7ccccc7n(-c7ccccc7)c56)cc4)c4ccc5c6ccccc6n6c7ccccc7c4c56)cc3)ccc21. The number of anilines is 3. The third kappa shape index (κ3) is 5.14. The average molecular weight is 842 g/mol. The molecule has 10 aromatic carbocycles. The normalized spacial score (nSPS) is 13.1. The first-order valence-corrected chi connectivity index (χ1v) is 23.0. The fourth-order valence-electron chi connectivity index (χ4n) is 11.6. The fourth-order valence-corrected chi connectivity index (χ4v) is 11.6. The first-order chi connectivity index (χ1) is 32.5. The molecule has 0 saturated heterocycles. The number of rotatable bonds is 6. The highest BCUT2D eigenvalue weighted by Gasteiger charge is 2.35. The molecular weight excluding hydrogens is 799 g/mol. The van der Waals surface area contributed by atoms with Crippen LogP contribution in [0.1, 0.15) is 25.0 Å². The van der Waals surface area contributed by atoms with Crippen LogP contribution in [0, 0.1) is 0 Å². The van der Waals surface area contributed by atoms with E-state index in [2.05, 4.69) is 252 Å². The standard InChI is InChI=1S/C63H43N3/c1-63(2)54-23-10-6-17-47(54)53-39-42(31-37-55(53)63)40-27-32-44(33-28-40)64(59-38-36-51-49-19-8-12-25-57(49)66-58-26-13-9-20-52(58)60(59)62(51)66)45-34-29-41(30-35-45)46-21-14-22-50-48-18-7-11-24-56(48)65(61(46)50)43-15-4-3-5-16-43/h3-39H,1-2H3. The molecule has 0 bridgehead atoms. The van der Waals surface area contributed by atoms with Crippen LogP contribution in [0.25, 0.3) is 99.0 Å². The first-order valence-electron chi connectivity index (χ1n) is 23.0. The Morgan fingerprint density at radius 2 is 0.909 bits per heavy atom. The molecule has 13 aromatic rings. The molecule has 1 aliphatic carbocycles. The number of benzene rings is 10. The summed E-state index contributed by atoms with van der Waals surface area (Å²) < 4.78 is 4.90. The Hall–Kier alpha value is -8.40. The van der Waals surface area contributed by atoms with Crippen molar-refractivity contribution in [1.29, 1.82) is 0 Å². The van der Waals surface area contributed by atoms with Gasteiger partial charge in [0.15, 0.2) is 0 Å². The van der Waals surface area contributed by atoms with Gasteiger partial charge < -0.3 is 13.9 Å². The summed E-state index contributed by atoms with van der Waals surface area (Å²) in [5.41, 5.74) is 20.9. The van der Waals surface area contributed by atoms with E-state index in [0.717, 1.165) is 22.7 Å². The van der Waals surface area contributed by atoms with Gasteiger partial charge in [-0.2, -0.15) is 0 Å². The van der Waals surface area contributed by atoms with E-state index in [4.69, 9.17) is 0 Å². The van der Waals surface area contributed by atoms with E-state index in [1.807, 2.05) is 0 Å². The molecule has 0 fully saturated rings. The van der Waals surface area contributed by atoms with Crippen molar-refractivity contribution in [2.24, 2.45) is 0 Å². The van der Waals surface area contributed by atoms with Gasteiger partial charge >= 0.3 is 0 Å². The Morgan fingerprint density at radius 1 is 0.364 bits per heavy atom. The Labute approximate surface area is 383 Å². The highest BCUT2D eigenvalue weighted by molar-refractivity contribution is 6.27. The van der Waals surface area contributed by atoms with Gasteiger partial charge in [0.05, 0.1) is 33.3 Å². The largest absolute Gasteiger partial charge is 0.310 e. The molecule has 0 radical (unpaired) electrons. The highest BCUT2D eigenvalue weighted by atomic mass is 15.1. The number of hydrogen-bond donors (Lipinski definition) is 0. The van der Waals surface area contributed by atoms with E-state index in [9.17, 15) is 0 Å². The molecule has 0 N–H and O–H groups in total. The summed E-state index contributed by atoms with van der Waals surface area (Å²) in [5, 5.41) is 7.55. The quantitative estimate of drug-likeness (QED) is 0.162. The summed E-state index contributed by atoms with van der Waals surface area (Å²) in [4.78, 5) is 2.47. The number of fused-ring (bicyclic) bond motifs is 12. The minimum absolute atomic E-state index is 0.0238. The molecule has 1 aliphatic rings. The Balaban J connectivity index is 0.955. The predicted molar refractivity (Wildman–Crippen MR) is 279 cm³/mol. The van der Waals surface area contributed by atoms with Crippen molar-refractivity contribution in [2.75, 3.05) is 4.90 Å². The van der Waals surface area contributed by atoms with E-state index in [1.54, 1.807) is 0 Å². The van der Waals surface area contributed by atoms with E-state index < -0.39 is 0 Å². The lowest BCUT2D eigenvalue weighted by atomic mass is 9.82. The van der Waals surface area contributed by atoms with Crippen molar-refractivity contribution in [2.45, 2.75) is 19.3 Å². The molecule has 0 unspecified atom stereocenters. The van der Waals surface area contributed by atoms with Gasteiger partial charge in [0.1, 0.15) is 0 Å². The smallest absolute Gasteiger partial charge is 0.0641 e. The summed E-state index contributed by atoms with van der Waals surface area (Å²) >= 11 is 0. The molecule has 14 rings (SSSR count). The summed E-state index contributed by atoms with van der Waals surface area (Å²) in [6, 6.07) is 83.1. The third-order valence-electron chi connectivity index (χ3n) is 14.7. The zero-order valence-electron chi connectivity index (χ0n) is 36.7. The molecule has 0 saturated carbocycles. The first kappa shape index (κ1) is 37.0. The molecule has 0 aliphatic heterocycles. The van der Waals surface area contributed by atoms with Crippen molar-refractivity contribution in [3.63, 3.8) is 0 Å². The third-order valence-corrected chi connectivity index (χ3v) is 14.7. The molecule has 0 atom stereocenters. The number of para-hydroxylation sites is 5. The van der Waals surface area contributed by atoms with Gasteiger partial charge in [-0.3, -0.25) is 0 Å². The molecule has 3 heteroatoms. The van der Waals surface area contributed by atoms with Crippen LogP contribution >= 0.6 is 0 Å². The van der Waals surface area contributed by atoms with Gasteiger partial charge in [-0.15, -0.1) is 0 Å². The van der Waals surface area contributed by atoms with Crippen molar-refractivity contribution in [1.82, 2.24) is 8.97 Å². The Kier molecular flexibility index (Phi) is 7.74. The monoisotopic (exact) mass is 841 g/mol. The minimum atomic E-state index is -0.0238. The number of aromatic nitrogens is 2. The van der Waals surface area contributed by atoms with Gasteiger partial charge in [0, 0.05) is 60.4 Å². The van der Waals surface area contributed by atoms with Crippen LogP contribution in [0.15, 0.2) is 224 Å². The Bertz CT molecular complexity index is 4060. The van der Waals surface area contributed by atoms with Crippen molar-refractivity contribution >= 4 is 77.0 Å². The molecule has 3 aromatic heterocycles. The fraction of sp³-hybridized carbons (Fsp3) is 0.0476. The zero-order valence-corrected chi connectivity index (χ0v) is 36.7. The van der Waals surface area contributed by atoms with E-state index in [0.29, 0.717) is 0 Å². The van der Waals surface area contributed by atoms with Crippen LogP contribution in [0.2, 0.25) is 0 Å². The van der Waals surface area contributed by atoms with Gasteiger partial charge in [-0.1, -0.05) is 172 Å². The topological polar surface area (TPSA) is 12.6 Å². The average Bonchev–Trinajstić information content (AvgIpc) is 4.08. The van der Waals surface area contributed by atoms with Crippen molar-refractivity contribution < 1.29 is 0 Å². The van der Waals surface area contributed by atoms with Gasteiger partial charge in [0.2, 0.25) is 0 Å². The van der Waals surface area contributed by atoms with E-state index >= 15 is 0 Å².